The van der Waals surface area contributed by atoms with E-state index in [2.05, 4.69) is 5.32 Å². The van der Waals surface area contributed by atoms with Gasteiger partial charge in [-0.1, -0.05) is 23.2 Å². The third-order valence-corrected chi connectivity index (χ3v) is 4.13. The van der Waals surface area contributed by atoms with Crippen molar-refractivity contribution in [3.8, 4) is 0 Å². The minimum atomic E-state index is -1.35. The zero-order valence-corrected chi connectivity index (χ0v) is 10.3. The predicted molar refractivity (Wildman–Crippen MR) is 61.3 cm³/mol. The van der Waals surface area contributed by atoms with Crippen LogP contribution in [-0.4, -0.2) is 11.4 Å². The summed E-state index contributed by atoms with van der Waals surface area (Å²) in [4.78, 5) is 11.7. The van der Waals surface area contributed by atoms with Crippen molar-refractivity contribution in [1.82, 2.24) is 5.32 Å². The van der Waals surface area contributed by atoms with Crippen molar-refractivity contribution >= 4 is 29.1 Å². The summed E-state index contributed by atoms with van der Waals surface area (Å²) in [7, 11) is 0. The summed E-state index contributed by atoms with van der Waals surface area (Å²) in [6.07, 6.45) is 0. The first-order valence-corrected chi connectivity index (χ1v) is 5.52. The van der Waals surface area contributed by atoms with Crippen LogP contribution in [0, 0.1) is 5.82 Å². The molecule has 0 aromatic heterocycles. The van der Waals surface area contributed by atoms with Gasteiger partial charge in [-0.2, -0.15) is 0 Å². The van der Waals surface area contributed by atoms with E-state index in [1.807, 2.05) is 0 Å². The summed E-state index contributed by atoms with van der Waals surface area (Å²) in [6, 6.07) is 3.80. The van der Waals surface area contributed by atoms with Crippen molar-refractivity contribution in [2.45, 2.75) is 23.7 Å². The van der Waals surface area contributed by atoms with E-state index >= 15 is 0 Å². The lowest BCUT2D eigenvalue weighted by atomic mass is 9.86. The lowest BCUT2D eigenvalue weighted by Gasteiger charge is -2.42. The summed E-state index contributed by atoms with van der Waals surface area (Å²) in [5.41, 5.74) is -0.233. The van der Waals surface area contributed by atoms with Gasteiger partial charge in [0.05, 0.1) is 5.54 Å². The van der Waals surface area contributed by atoms with Crippen molar-refractivity contribution in [2.75, 3.05) is 0 Å². The predicted octanol–water partition coefficient (Wildman–Crippen LogP) is 2.98. The molecule has 0 radical (unpaired) electrons. The number of carbonyl (C=O) groups excluding carboxylic acids is 1. The summed E-state index contributed by atoms with van der Waals surface area (Å²) >= 11 is 12.4. The molecule has 1 aliphatic heterocycles. The van der Waals surface area contributed by atoms with Gasteiger partial charge < -0.3 is 5.32 Å². The number of halogens is 3. The third kappa shape index (κ3) is 1.50. The Hall–Kier alpha value is -0.800. The highest BCUT2D eigenvalue weighted by atomic mass is 35.5. The Bertz CT molecular complexity index is 471. The van der Waals surface area contributed by atoms with E-state index in [9.17, 15) is 9.18 Å². The van der Waals surface area contributed by atoms with Crippen LogP contribution in [0.25, 0.3) is 0 Å². The van der Waals surface area contributed by atoms with Crippen LogP contribution < -0.4 is 5.32 Å². The van der Waals surface area contributed by atoms with Gasteiger partial charge in [-0.15, -0.1) is 0 Å². The maximum atomic E-state index is 13.2. The molecule has 1 aliphatic rings. The van der Waals surface area contributed by atoms with Crippen molar-refractivity contribution in [1.29, 1.82) is 0 Å². The van der Waals surface area contributed by atoms with Crippen LogP contribution in [0.1, 0.15) is 29.8 Å². The molecular weight excluding hydrogens is 252 g/mol. The topological polar surface area (TPSA) is 29.1 Å². The Morgan fingerprint density at radius 3 is 2.56 bits per heavy atom. The first kappa shape index (κ1) is 11.7. The third-order valence-electron chi connectivity index (χ3n) is 2.78. The number of nitrogens with one attached hydrogen (secondary N) is 1. The number of alkyl halides is 2. The molecular formula is C11H10Cl2FNO. The molecule has 0 saturated heterocycles. The Balaban J connectivity index is 2.71. The van der Waals surface area contributed by atoms with Gasteiger partial charge in [0.1, 0.15) is 5.82 Å². The van der Waals surface area contributed by atoms with Crippen molar-refractivity contribution < 1.29 is 9.18 Å². The molecule has 2 nitrogen and oxygen atoms in total. The standard InChI is InChI=1S/C11H10Cl2FNO/c1-10(2)11(12,13)8-5-6(14)3-4-7(8)9(16)15-10/h3-5H,1-2H3,(H,15,16). The minimum absolute atomic E-state index is 0.295. The highest BCUT2D eigenvalue weighted by molar-refractivity contribution is 6.49. The van der Waals surface area contributed by atoms with Crippen LogP contribution in [0.2, 0.25) is 0 Å². The fourth-order valence-corrected chi connectivity index (χ4v) is 2.15. The Morgan fingerprint density at radius 1 is 1.31 bits per heavy atom. The van der Waals surface area contributed by atoms with E-state index in [1.165, 1.54) is 18.2 Å². The largest absolute Gasteiger partial charge is 0.344 e. The Kier molecular flexibility index (Phi) is 2.44. The van der Waals surface area contributed by atoms with E-state index in [0.717, 1.165) is 0 Å². The lowest BCUT2D eigenvalue weighted by Crippen LogP contribution is -2.57. The molecule has 16 heavy (non-hydrogen) atoms. The van der Waals surface area contributed by atoms with Crippen molar-refractivity contribution in [3.63, 3.8) is 0 Å². The summed E-state index contributed by atoms with van der Waals surface area (Å²) in [6.45, 7) is 3.39. The lowest BCUT2D eigenvalue weighted by molar-refractivity contribution is 0.0884. The second kappa shape index (κ2) is 3.34. The number of amides is 1. The summed E-state index contributed by atoms with van der Waals surface area (Å²) < 4.78 is 11.8. The molecule has 0 bridgehead atoms. The average Bonchev–Trinajstić information content (AvgIpc) is 2.14. The number of benzene rings is 1. The van der Waals surface area contributed by atoms with Gasteiger partial charge in [-0.3, -0.25) is 4.79 Å². The Labute approximate surface area is 103 Å². The quantitative estimate of drug-likeness (QED) is 0.715. The van der Waals surface area contributed by atoms with Gasteiger partial charge in [0, 0.05) is 11.1 Å². The molecule has 0 fully saturated rings. The molecule has 5 heteroatoms. The molecule has 86 valence electrons. The van der Waals surface area contributed by atoms with E-state index in [-0.39, 0.29) is 5.91 Å². The highest BCUT2D eigenvalue weighted by Crippen LogP contribution is 2.47. The van der Waals surface area contributed by atoms with Crippen LogP contribution in [0.4, 0.5) is 4.39 Å². The molecule has 0 aliphatic carbocycles. The second-order valence-corrected chi connectivity index (χ2v) is 5.67. The van der Waals surface area contributed by atoms with Gasteiger partial charge in [0.15, 0.2) is 4.33 Å². The summed E-state index contributed by atoms with van der Waals surface area (Å²) in [5.74, 6) is -0.758. The average molecular weight is 262 g/mol. The molecule has 0 atom stereocenters. The van der Waals surface area contributed by atoms with Crippen LogP contribution in [0.5, 0.6) is 0 Å². The van der Waals surface area contributed by atoms with Crippen molar-refractivity contribution in [3.05, 3.63) is 35.1 Å². The number of carbonyl (C=O) groups is 1. The van der Waals surface area contributed by atoms with Gasteiger partial charge in [0.2, 0.25) is 0 Å². The highest BCUT2D eigenvalue weighted by Gasteiger charge is 2.50. The fraction of sp³-hybridized carbons (Fsp3) is 0.364. The van der Waals surface area contributed by atoms with Crippen LogP contribution in [0.3, 0.4) is 0 Å². The minimum Gasteiger partial charge on any atom is -0.344 e. The van der Waals surface area contributed by atoms with E-state index in [4.69, 9.17) is 23.2 Å². The second-order valence-electron chi connectivity index (χ2n) is 4.34. The maximum absolute atomic E-state index is 13.2. The molecule has 1 amide bonds. The Morgan fingerprint density at radius 2 is 1.94 bits per heavy atom. The van der Waals surface area contributed by atoms with E-state index < -0.39 is 15.7 Å². The first-order chi connectivity index (χ1) is 7.25. The van der Waals surface area contributed by atoms with Gasteiger partial charge in [-0.05, 0) is 32.0 Å². The SMILES string of the molecule is CC1(C)NC(=O)c2ccc(F)cc2C1(Cl)Cl. The number of hydrogen-bond donors (Lipinski definition) is 1. The first-order valence-electron chi connectivity index (χ1n) is 4.76. The van der Waals surface area contributed by atoms with Gasteiger partial charge in [-0.25, -0.2) is 4.39 Å². The number of hydrogen-bond acceptors (Lipinski definition) is 1. The zero-order valence-electron chi connectivity index (χ0n) is 8.77. The smallest absolute Gasteiger partial charge is 0.252 e. The molecule has 1 aromatic carbocycles. The van der Waals surface area contributed by atoms with Crippen LogP contribution in [-0.2, 0) is 4.33 Å². The molecule has 1 heterocycles. The molecule has 0 spiro atoms. The number of fused-ring (bicyclic) bond motifs is 1. The van der Waals surface area contributed by atoms with Crippen LogP contribution >= 0.6 is 23.2 Å². The molecule has 2 rings (SSSR count). The monoisotopic (exact) mass is 261 g/mol. The molecule has 0 saturated carbocycles. The summed E-state index contributed by atoms with van der Waals surface area (Å²) in [5, 5.41) is 2.70. The fourth-order valence-electron chi connectivity index (χ4n) is 1.74. The van der Waals surface area contributed by atoms with E-state index in [0.29, 0.717) is 11.1 Å². The van der Waals surface area contributed by atoms with Gasteiger partial charge in [0.25, 0.3) is 5.91 Å². The normalized spacial score (nSPS) is 21.2. The van der Waals surface area contributed by atoms with Crippen molar-refractivity contribution in [2.24, 2.45) is 0 Å². The van der Waals surface area contributed by atoms with Crippen LogP contribution in [0.15, 0.2) is 18.2 Å². The van der Waals surface area contributed by atoms with Gasteiger partial charge >= 0.3 is 0 Å². The van der Waals surface area contributed by atoms with E-state index in [1.54, 1.807) is 13.8 Å². The zero-order chi connectivity index (χ0) is 12.1. The molecule has 1 aromatic rings. The molecule has 0 unspecified atom stereocenters. The molecule has 1 N–H and O–H groups in total. The number of rotatable bonds is 0. The maximum Gasteiger partial charge on any atom is 0.252 e.